The highest BCUT2D eigenvalue weighted by molar-refractivity contribution is 4.74. The molecular formula is C14H29NO. The molecule has 1 saturated heterocycles. The Bertz CT molecular complexity index is 174. The van der Waals surface area contributed by atoms with Gasteiger partial charge in [0.2, 0.25) is 0 Å². The summed E-state index contributed by atoms with van der Waals surface area (Å²) in [5.41, 5.74) is 0.453. The Labute approximate surface area is 101 Å². The zero-order chi connectivity index (χ0) is 11.9. The van der Waals surface area contributed by atoms with Crippen LogP contribution in [0.2, 0.25) is 0 Å². The lowest BCUT2D eigenvalue weighted by molar-refractivity contribution is 0.184. The van der Waals surface area contributed by atoms with Crippen LogP contribution < -0.4 is 5.32 Å². The summed E-state index contributed by atoms with van der Waals surface area (Å²) in [6.45, 7) is 11.2. The molecule has 2 nitrogen and oxygen atoms in total. The molecule has 96 valence electrons. The van der Waals surface area contributed by atoms with Gasteiger partial charge in [-0.2, -0.15) is 0 Å². The van der Waals surface area contributed by atoms with Crippen molar-refractivity contribution < 1.29 is 4.74 Å². The molecule has 16 heavy (non-hydrogen) atoms. The van der Waals surface area contributed by atoms with Crippen molar-refractivity contribution in [3.8, 4) is 0 Å². The summed E-state index contributed by atoms with van der Waals surface area (Å²) in [7, 11) is 0. The second-order valence-corrected chi connectivity index (χ2v) is 5.98. The van der Waals surface area contributed by atoms with E-state index in [0.717, 1.165) is 32.2 Å². The molecule has 0 radical (unpaired) electrons. The second kappa shape index (κ2) is 7.29. The van der Waals surface area contributed by atoms with Crippen molar-refractivity contribution in [1.29, 1.82) is 0 Å². The van der Waals surface area contributed by atoms with E-state index >= 15 is 0 Å². The smallest absolute Gasteiger partial charge is 0.0507 e. The van der Waals surface area contributed by atoms with Gasteiger partial charge in [0.1, 0.15) is 0 Å². The molecule has 0 amide bonds. The summed E-state index contributed by atoms with van der Waals surface area (Å²) < 4.78 is 5.38. The first-order valence-electron chi connectivity index (χ1n) is 6.92. The topological polar surface area (TPSA) is 21.3 Å². The van der Waals surface area contributed by atoms with Crippen LogP contribution in [0.5, 0.6) is 0 Å². The van der Waals surface area contributed by atoms with Crippen molar-refractivity contribution in [2.24, 2.45) is 11.3 Å². The predicted octanol–water partition coefficient (Wildman–Crippen LogP) is 3.22. The van der Waals surface area contributed by atoms with Crippen molar-refractivity contribution in [2.75, 3.05) is 26.3 Å². The number of nitrogens with one attached hydrogen (secondary N) is 1. The van der Waals surface area contributed by atoms with Crippen molar-refractivity contribution in [3.63, 3.8) is 0 Å². The van der Waals surface area contributed by atoms with Crippen LogP contribution in [-0.2, 0) is 4.74 Å². The number of hydrogen-bond donors (Lipinski definition) is 1. The third-order valence-electron chi connectivity index (χ3n) is 3.52. The van der Waals surface area contributed by atoms with Gasteiger partial charge in [0.05, 0.1) is 6.61 Å². The molecule has 0 aliphatic carbocycles. The van der Waals surface area contributed by atoms with E-state index in [-0.39, 0.29) is 0 Å². The first-order valence-corrected chi connectivity index (χ1v) is 6.92. The molecule has 0 saturated carbocycles. The van der Waals surface area contributed by atoms with Crippen LogP contribution in [0.15, 0.2) is 0 Å². The average molecular weight is 227 g/mol. The van der Waals surface area contributed by atoms with E-state index in [4.69, 9.17) is 4.74 Å². The van der Waals surface area contributed by atoms with Crippen molar-refractivity contribution >= 4 is 0 Å². The Morgan fingerprint density at radius 3 is 2.75 bits per heavy atom. The molecule has 1 aliphatic rings. The van der Waals surface area contributed by atoms with E-state index in [0.29, 0.717) is 5.41 Å². The molecule has 1 N–H and O–H groups in total. The number of unbranched alkanes of at least 4 members (excludes halogenated alkanes) is 2. The van der Waals surface area contributed by atoms with Gasteiger partial charge in [0, 0.05) is 19.7 Å². The second-order valence-electron chi connectivity index (χ2n) is 5.98. The largest absolute Gasteiger partial charge is 0.381 e. The Morgan fingerprint density at radius 1 is 1.31 bits per heavy atom. The van der Waals surface area contributed by atoms with Gasteiger partial charge >= 0.3 is 0 Å². The van der Waals surface area contributed by atoms with Crippen LogP contribution in [0, 0.1) is 11.3 Å². The van der Waals surface area contributed by atoms with Crippen molar-refractivity contribution in [2.45, 2.75) is 52.9 Å². The highest BCUT2D eigenvalue weighted by Crippen LogP contribution is 2.22. The first kappa shape index (κ1) is 14.0. The Hall–Kier alpha value is -0.0800. The summed E-state index contributed by atoms with van der Waals surface area (Å²) in [5.74, 6) is 0.756. The summed E-state index contributed by atoms with van der Waals surface area (Å²) in [4.78, 5) is 0. The lowest BCUT2D eigenvalue weighted by Gasteiger charge is -2.25. The molecule has 0 aromatic heterocycles. The number of rotatable bonds is 8. The molecular weight excluding hydrogens is 198 g/mol. The highest BCUT2D eigenvalue weighted by atomic mass is 16.5. The van der Waals surface area contributed by atoms with Crippen LogP contribution in [0.4, 0.5) is 0 Å². The number of hydrogen-bond acceptors (Lipinski definition) is 2. The highest BCUT2D eigenvalue weighted by Gasteiger charge is 2.19. The van der Waals surface area contributed by atoms with Crippen LogP contribution in [-0.4, -0.2) is 26.3 Å². The molecule has 1 heterocycles. The van der Waals surface area contributed by atoms with Gasteiger partial charge in [-0.15, -0.1) is 0 Å². The molecule has 0 spiro atoms. The van der Waals surface area contributed by atoms with Gasteiger partial charge in [0.15, 0.2) is 0 Å². The van der Waals surface area contributed by atoms with Crippen LogP contribution in [0.25, 0.3) is 0 Å². The maximum atomic E-state index is 5.38. The summed E-state index contributed by atoms with van der Waals surface area (Å²) >= 11 is 0. The fourth-order valence-electron chi connectivity index (χ4n) is 2.30. The monoisotopic (exact) mass is 227 g/mol. The van der Waals surface area contributed by atoms with Gasteiger partial charge in [-0.25, -0.2) is 0 Å². The van der Waals surface area contributed by atoms with E-state index < -0.39 is 0 Å². The van der Waals surface area contributed by atoms with Gasteiger partial charge in [-0.3, -0.25) is 0 Å². The van der Waals surface area contributed by atoms with Gasteiger partial charge < -0.3 is 10.1 Å². The van der Waals surface area contributed by atoms with Crippen molar-refractivity contribution in [1.82, 2.24) is 5.32 Å². The Morgan fingerprint density at radius 2 is 2.12 bits per heavy atom. The molecule has 1 rings (SSSR count). The molecule has 1 aliphatic heterocycles. The van der Waals surface area contributed by atoms with Crippen LogP contribution in [0.1, 0.15) is 52.9 Å². The van der Waals surface area contributed by atoms with E-state index in [9.17, 15) is 0 Å². The predicted molar refractivity (Wildman–Crippen MR) is 69.7 cm³/mol. The first-order chi connectivity index (χ1) is 7.64. The molecule has 0 aromatic rings. The zero-order valence-corrected chi connectivity index (χ0v) is 11.3. The normalized spacial score (nSPS) is 21.6. The number of ether oxygens (including phenoxy) is 1. The molecule has 1 unspecified atom stereocenters. The SMILES string of the molecule is CCCCCC(C)(C)CNCC1CCOC1. The van der Waals surface area contributed by atoms with Crippen LogP contribution >= 0.6 is 0 Å². The van der Waals surface area contributed by atoms with E-state index in [1.54, 1.807) is 0 Å². The third kappa shape index (κ3) is 5.86. The van der Waals surface area contributed by atoms with E-state index in [1.807, 2.05) is 0 Å². The van der Waals surface area contributed by atoms with Gasteiger partial charge in [-0.05, 0) is 24.2 Å². The summed E-state index contributed by atoms with van der Waals surface area (Å²) in [5, 5.41) is 3.61. The van der Waals surface area contributed by atoms with Gasteiger partial charge in [-0.1, -0.05) is 40.0 Å². The minimum atomic E-state index is 0.453. The molecule has 1 atom stereocenters. The lowest BCUT2D eigenvalue weighted by atomic mass is 9.86. The molecule has 2 heteroatoms. The minimum absolute atomic E-state index is 0.453. The van der Waals surface area contributed by atoms with Crippen LogP contribution in [0.3, 0.4) is 0 Å². The Kier molecular flexibility index (Phi) is 6.37. The van der Waals surface area contributed by atoms with E-state index in [2.05, 4.69) is 26.1 Å². The Balaban J connectivity index is 2.04. The molecule has 0 bridgehead atoms. The third-order valence-corrected chi connectivity index (χ3v) is 3.52. The molecule has 0 aromatic carbocycles. The maximum absolute atomic E-state index is 5.38. The average Bonchev–Trinajstić information content (AvgIpc) is 2.70. The quantitative estimate of drug-likeness (QED) is 0.643. The van der Waals surface area contributed by atoms with Gasteiger partial charge in [0.25, 0.3) is 0 Å². The standard InChI is InChI=1S/C14H29NO/c1-4-5-6-8-14(2,3)12-15-10-13-7-9-16-11-13/h13,15H,4-12H2,1-3H3. The summed E-state index contributed by atoms with van der Waals surface area (Å²) in [6, 6.07) is 0. The van der Waals surface area contributed by atoms with Crippen molar-refractivity contribution in [3.05, 3.63) is 0 Å². The van der Waals surface area contributed by atoms with E-state index in [1.165, 1.54) is 32.1 Å². The fourth-order valence-corrected chi connectivity index (χ4v) is 2.30. The minimum Gasteiger partial charge on any atom is -0.381 e. The maximum Gasteiger partial charge on any atom is 0.0507 e. The molecule has 1 fully saturated rings. The summed E-state index contributed by atoms with van der Waals surface area (Å²) in [6.07, 6.45) is 6.65. The zero-order valence-electron chi connectivity index (χ0n) is 11.3. The fraction of sp³-hybridized carbons (Fsp3) is 1.00. The lowest BCUT2D eigenvalue weighted by Crippen LogP contribution is -2.33.